The largest absolute Gasteiger partial charge is 0.366 e. The average Bonchev–Trinajstić information content (AvgIpc) is 2.78. The van der Waals surface area contributed by atoms with Gasteiger partial charge >= 0.3 is 0 Å². The summed E-state index contributed by atoms with van der Waals surface area (Å²) in [6.07, 6.45) is 4.71. The Morgan fingerprint density at radius 3 is 2.92 bits per heavy atom. The van der Waals surface area contributed by atoms with E-state index < -0.39 is 0 Å². The Hall–Kier alpha value is -0.990. The molecule has 1 fully saturated rings. The number of aryl methyl sites for hydroxylation is 1. The summed E-state index contributed by atoms with van der Waals surface area (Å²) in [6, 6.07) is 2.60. The van der Waals surface area contributed by atoms with Gasteiger partial charge in [0.05, 0.1) is 0 Å². The fourth-order valence-electron chi connectivity index (χ4n) is 1.44. The second kappa shape index (κ2) is 2.81. The van der Waals surface area contributed by atoms with Crippen molar-refractivity contribution in [3.63, 3.8) is 0 Å². The van der Waals surface area contributed by atoms with Crippen LogP contribution in [0.2, 0.25) is 0 Å². The summed E-state index contributed by atoms with van der Waals surface area (Å²) in [4.78, 5) is 0. The number of rotatable bonds is 3. The molecule has 1 N–H and O–H groups in total. The first-order valence-electron chi connectivity index (χ1n) is 4.52. The molecule has 0 aliphatic heterocycles. The zero-order valence-corrected chi connectivity index (χ0v) is 7.62. The van der Waals surface area contributed by atoms with Crippen molar-refractivity contribution in [1.29, 1.82) is 0 Å². The number of hydrogen-bond donors (Lipinski definition) is 1. The highest BCUT2D eigenvalue weighted by Crippen LogP contribution is 2.33. The molecule has 1 aromatic heterocycles. The van der Waals surface area contributed by atoms with Gasteiger partial charge in [-0.2, -0.15) is 5.10 Å². The second-order valence-electron chi connectivity index (χ2n) is 3.65. The van der Waals surface area contributed by atoms with Gasteiger partial charge in [0.25, 0.3) is 0 Å². The molecule has 66 valence electrons. The maximum Gasteiger partial charge on any atom is 0.148 e. The molecule has 1 heterocycles. The SMILES string of the molecule is CC(Nc1ccn(C)n1)C1CC1. The molecule has 0 spiro atoms. The number of nitrogens with one attached hydrogen (secondary N) is 1. The molecular weight excluding hydrogens is 150 g/mol. The van der Waals surface area contributed by atoms with Gasteiger partial charge in [-0.3, -0.25) is 4.68 Å². The Labute approximate surface area is 72.8 Å². The normalized spacial score (nSPS) is 19.2. The van der Waals surface area contributed by atoms with Crippen LogP contribution in [0, 0.1) is 5.92 Å². The van der Waals surface area contributed by atoms with E-state index in [0.717, 1.165) is 11.7 Å². The molecule has 1 aromatic rings. The summed E-state index contributed by atoms with van der Waals surface area (Å²) < 4.78 is 1.82. The van der Waals surface area contributed by atoms with E-state index in [1.165, 1.54) is 12.8 Å². The van der Waals surface area contributed by atoms with Crippen LogP contribution in [0.25, 0.3) is 0 Å². The Balaban J connectivity index is 1.93. The minimum absolute atomic E-state index is 0.583. The van der Waals surface area contributed by atoms with Crippen molar-refractivity contribution < 1.29 is 0 Å². The predicted octanol–water partition coefficient (Wildman–Crippen LogP) is 1.63. The Kier molecular flexibility index (Phi) is 1.79. The molecule has 2 rings (SSSR count). The monoisotopic (exact) mass is 165 g/mol. The minimum atomic E-state index is 0.583. The fourth-order valence-corrected chi connectivity index (χ4v) is 1.44. The van der Waals surface area contributed by atoms with Gasteiger partial charge < -0.3 is 5.32 Å². The first-order chi connectivity index (χ1) is 5.75. The lowest BCUT2D eigenvalue weighted by Crippen LogP contribution is -2.17. The third-order valence-electron chi connectivity index (χ3n) is 2.42. The van der Waals surface area contributed by atoms with E-state index >= 15 is 0 Å². The van der Waals surface area contributed by atoms with Gasteiger partial charge in [-0.05, 0) is 25.7 Å². The first kappa shape index (κ1) is 7.65. The van der Waals surface area contributed by atoms with Crippen LogP contribution in [-0.4, -0.2) is 15.8 Å². The quantitative estimate of drug-likeness (QED) is 0.737. The lowest BCUT2D eigenvalue weighted by molar-refractivity contribution is 0.683. The molecule has 1 aliphatic rings. The maximum atomic E-state index is 4.27. The van der Waals surface area contributed by atoms with Crippen LogP contribution in [0.5, 0.6) is 0 Å². The van der Waals surface area contributed by atoms with E-state index in [1.54, 1.807) is 0 Å². The second-order valence-corrected chi connectivity index (χ2v) is 3.65. The van der Waals surface area contributed by atoms with Crippen LogP contribution >= 0.6 is 0 Å². The highest BCUT2D eigenvalue weighted by atomic mass is 15.3. The number of aromatic nitrogens is 2. The number of hydrogen-bond acceptors (Lipinski definition) is 2. The van der Waals surface area contributed by atoms with E-state index in [4.69, 9.17) is 0 Å². The van der Waals surface area contributed by atoms with Gasteiger partial charge in [0.1, 0.15) is 5.82 Å². The third-order valence-corrected chi connectivity index (χ3v) is 2.42. The summed E-state index contributed by atoms with van der Waals surface area (Å²) in [5, 5.41) is 7.66. The van der Waals surface area contributed by atoms with Crippen molar-refractivity contribution in [2.75, 3.05) is 5.32 Å². The molecule has 1 atom stereocenters. The zero-order chi connectivity index (χ0) is 8.55. The van der Waals surface area contributed by atoms with E-state index in [0.29, 0.717) is 6.04 Å². The van der Waals surface area contributed by atoms with Crippen molar-refractivity contribution in [1.82, 2.24) is 9.78 Å². The van der Waals surface area contributed by atoms with E-state index in [1.807, 2.05) is 24.0 Å². The smallest absolute Gasteiger partial charge is 0.148 e. The Morgan fingerprint density at radius 2 is 2.42 bits per heavy atom. The van der Waals surface area contributed by atoms with Gasteiger partial charge in [-0.25, -0.2) is 0 Å². The van der Waals surface area contributed by atoms with Crippen LogP contribution in [0.3, 0.4) is 0 Å². The predicted molar refractivity (Wildman–Crippen MR) is 49.0 cm³/mol. The lowest BCUT2D eigenvalue weighted by Gasteiger charge is -2.10. The van der Waals surface area contributed by atoms with Crippen molar-refractivity contribution in [3.8, 4) is 0 Å². The molecule has 0 amide bonds. The minimum Gasteiger partial charge on any atom is -0.366 e. The van der Waals surface area contributed by atoms with Crippen LogP contribution in [0.1, 0.15) is 19.8 Å². The van der Waals surface area contributed by atoms with Crippen molar-refractivity contribution >= 4 is 5.82 Å². The summed E-state index contributed by atoms with van der Waals surface area (Å²) in [7, 11) is 1.94. The number of nitrogens with zero attached hydrogens (tertiary/aromatic N) is 2. The molecule has 0 aromatic carbocycles. The molecular formula is C9H15N3. The number of anilines is 1. The van der Waals surface area contributed by atoms with Crippen molar-refractivity contribution in [3.05, 3.63) is 12.3 Å². The molecule has 0 bridgehead atoms. The molecule has 0 saturated heterocycles. The Morgan fingerprint density at radius 1 is 1.67 bits per heavy atom. The topological polar surface area (TPSA) is 29.9 Å². The molecule has 12 heavy (non-hydrogen) atoms. The summed E-state index contributed by atoms with van der Waals surface area (Å²) in [5.41, 5.74) is 0. The molecule has 3 heteroatoms. The van der Waals surface area contributed by atoms with E-state index in [2.05, 4.69) is 17.3 Å². The molecule has 1 saturated carbocycles. The zero-order valence-electron chi connectivity index (χ0n) is 7.62. The highest BCUT2D eigenvalue weighted by molar-refractivity contribution is 5.33. The van der Waals surface area contributed by atoms with Crippen LogP contribution in [0.4, 0.5) is 5.82 Å². The molecule has 0 radical (unpaired) electrons. The lowest BCUT2D eigenvalue weighted by atomic mass is 10.2. The standard InChI is InChI=1S/C9H15N3/c1-7(8-3-4-8)10-9-5-6-12(2)11-9/h5-8H,3-4H2,1-2H3,(H,10,11). The average molecular weight is 165 g/mol. The van der Waals surface area contributed by atoms with Gasteiger partial charge in [-0.1, -0.05) is 0 Å². The van der Waals surface area contributed by atoms with E-state index in [9.17, 15) is 0 Å². The van der Waals surface area contributed by atoms with Crippen LogP contribution in [0.15, 0.2) is 12.3 Å². The summed E-state index contributed by atoms with van der Waals surface area (Å²) in [6.45, 7) is 2.23. The third kappa shape index (κ3) is 1.60. The highest BCUT2D eigenvalue weighted by Gasteiger charge is 2.27. The molecule has 3 nitrogen and oxygen atoms in total. The van der Waals surface area contributed by atoms with Crippen molar-refractivity contribution in [2.45, 2.75) is 25.8 Å². The Bertz CT molecular complexity index is 262. The van der Waals surface area contributed by atoms with E-state index in [-0.39, 0.29) is 0 Å². The van der Waals surface area contributed by atoms with Crippen LogP contribution < -0.4 is 5.32 Å². The summed E-state index contributed by atoms with van der Waals surface area (Å²) >= 11 is 0. The summed E-state index contributed by atoms with van der Waals surface area (Å²) in [5.74, 6) is 1.88. The van der Waals surface area contributed by atoms with Gasteiger partial charge in [0, 0.05) is 25.4 Å². The fraction of sp³-hybridized carbons (Fsp3) is 0.667. The molecule has 1 unspecified atom stereocenters. The maximum absolute atomic E-state index is 4.27. The van der Waals surface area contributed by atoms with Gasteiger partial charge in [0.2, 0.25) is 0 Å². The van der Waals surface area contributed by atoms with Gasteiger partial charge in [0.15, 0.2) is 0 Å². The van der Waals surface area contributed by atoms with Crippen molar-refractivity contribution in [2.24, 2.45) is 13.0 Å². The van der Waals surface area contributed by atoms with Crippen LogP contribution in [-0.2, 0) is 7.05 Å². The first-order valence-corrected chi connectivity index (χ1v) is 4.52. The van der Waals surface area contributed by atoms with Gasteiger partial charge in [-0.15, -0.1) is 0 Å². The molecule has 1 aliphatic carbocycles.